The van der Waals surface area contributed by atoms with Crippen molar-refractivity contribution >= 4 is 65.6 Å². The highest BCUT2D eigenvalue weighted by atomic mass is 16.3. The molecule has 3 heteroatoms. The summed E-state index contributed by atoms with van der Waals surface area (Å²) >= 11 is 0. The van der Waals surface area contributed by atoms with Gasteiger partial charge in [-0.3, -0.25) is 0 Å². The quantitative estimate of drug-likeness (QED) is 0.175. The van der Waals surface area contributed by atoms with Crippen molar-refractivity contribution in [2.45, 2.75) is 19.3 Å². The third-order valence-electron chi connectivity index (χ3n) is 13.3. The van der Waals surface area contributed by atoms with Crippen LogP contribution in [-0.2, 0) is 5.41 Å². The number of hydrogen-bond acceptors (Lipinski definition) is 1. The number of nitrogens with zero attached hydrogens (tertiary/aromatic N) is 2. The summed E-state index contributed by atoms with van der Waals surface area (Å²) in [6, 6.07) is 71.0. The molecule has 12 aromatic rings. The van der Waals surface area contributed by atoms with Crippen LogP contribution in [0.5, 0.6) is 0 Å². The van der Waals surface area contributed by atoms with Crippen molar-refractivity contribution in [2.75, 3.05) is 0 Å². The summed E-state index contributed by atoms with van der Waals surface area (Å²) in [4.78, 5) is 0. The van der Waals surface area contributed by atoms with E-state index in [1.165, 1.54) is 77.0 Å². The highest BCUT2D eigenvalue weighted by Crippen LogP contribution is 2.53. The maximum absolute atomic E-state index is 6.97. The summed E-state index contributed by atoms with van der Waals surface area (Å²) in [6.45, 7) is 4.64. The van der Waals surface area contributed by atoms with Gasteiger partial charge in [0.15, 0.2) is 0 Å². The Morgan fingerprint density at radius 3 is 1.53 bits per heavy atom. The molecule has 0 saturated carbocycles. The van der Waals surface area contributed by atoms with Crippen LogP contribution in [0.2, 0.25) is 0 Å². The van der Waals surface area contributed by atoms with Gasteiger partial charge in [-0.25, -0.2) is 0 Å². The molecule has 0 spiro atoms. The molecule has 1 aliphatic carbocycles. The fourth-order valence-corrected chi connectivity index (χ4v) is 10.5. The van der Waals surface area contributed by atoms with E-state index in [2.05, 4.69) is 217 Å². The number of hydrogen-bond donors (Lipinski definition) is 0. The molecule has 1 aliphatic rings. The lowest BCUT2D eigenvalue weighted by Gasteiger charge is -2.21. The first kappa shape index (κ1) is 33.4. The molecule has 0 fully saturated rings. The first-order valence-corrected chi connectivity index (χ1v) is 20.8. The SMILES string of the molecule is CC1(C)c2ccccc2-c2c1ccc1c2oc2c(-c3ccc(-n4c5ccccc5c5ccc(-c6ccc7c8ccccc8n(-c8ccccc8)c7c6)cc54)cc3)cccc21. The Balaban J connectivity index is 0.947. The fourth-order valence-electron chi connectivity index (χ4n) is 10.5. The van der Waals surface area contributed by atoms with Crippen LogP contribution in [0, 0.1) is 0 Å². The molecule has 0 aliphatic heterocycles. The summed E-state index contributed by atoms with van der Waals surface area (Å²) in [6.07, 6.45) is 0. The van der Waals surface area contributed by atoms with E-state index in [1.807, 2.05) is 0 Å². The second-order valence-corrected chi connectivity index (χ2v) is 16.9. The third kappa shape index (κ3) is 4.55. The predicted octanol–water partition coefficient (Wildman–Crippen LogP) is 15.4. The lowest BCUT2D eigenvalue weighted by Crippen LogP contribution is -2.14. The van der Waals surface area contributed by atoms with Gasteiger partial charge in [-0.2, -0.15) is 0 Å². The van der Waals surface area contributed by atoms with Gasteiger partial charge in [0.25, 0.3) is 0 Å². The summed E-state index contributed by atoms with van der Waals surface area (Å²) in [5.41, 5.74) is 18.7. The Bertz CT molecular complexity index is 3730. The van der Waals surface area contributed by atoms with Gasteiger partial charge < -0.3 is 13.6 Å². The minimum Gasteiger partial charge on any atom is -0.455 e. The molecule has 60 heavy (non-hydrogen) atoms. The van der Waals surface area contributed by atoms with E-state index in [9.17, 15) is 0 Å². The van der Waals surface area contributed by atoms with E-state index in [-0.39, 0.29) is 5.41 Å². The van der Waals surface area contributed by atoms with Crippen molar-refractivity contribution in [3.8, 4) is 44.8 Å². The number of benzene rings is 9. The fraction of sp³-hybridized carbons (Fsp3) is 0.0526. The molecule has 3 heterocycles. The van der Waals surface area contributed by atoms with E-state index in [4.69, 9.17) is 4.42 Å². The largest absolute Gasteiger partial charge is 0.455 e. The zero-order valence-corrected chi connectivity index (χ0v) is 33.3. The molecular weight excluding hydrogens is 729 g/mol. The maximum atomic E-state index is 6.97. The molecule has 0 N–H and O–H groups in total. The molecule has 13 rings (SSSR count). The Morgan fingerprint density at radius 1 is 0.350 bits per heavy atom. The summed E-state index contributed by atoms with van der Waals surface area (Å²) in [5.74, 6) is 0. The van der Waals surface area contributed by atoms with Gasteiger partial charge in [-0.15, -0.1) is 0 Å². The molecule has 9 aromatic carbocycles. The lowest BCUT2D eigenvalue weighted by molar-refractivity contribution is 0.653. The van der Waals surface area contributed by atoms with Crippen LogP contribution >= 0.6 is 0 Å². The normalized spacial score (nSPS) is 13.3. The molecule has 282 valence electrons. The molecule has 3 aromatic heterocycles. The Hall–Kier alpha value is -7.62. The Kier molecular flexibility index (Phi) is 6.78. The van der Waals surface area contributed by atoms with Crippen molar-refractivity contribution in [3.05, 3.63) is 205 Å². The third-order valence-corrected chi connectivity index (χ3v) is 13.3. The van der Waals surface area contributed by atoms with Gasteiger partial charge in [0, 0.05) is 60.2 Å². The average Bonchev–Trinajstić information content (AvgIpc) is 4.01. The minimum atomic E-state index is -0.0807. The predicted molar refractivity (Wildman–Crippen MR) is 251 cm³/mol. The first-order chi connectivity index (χ1) is 29.5. The van der Waals surface area contributed by atoms with Gasteiger partial charge >= 0.3 is 0 Å². The Labute approximate surface area is 347 Å². The van der Waals surface area contributed by atoms with Crippen LogP contribution in [0.25, 0.3) is 110 Å². The zero-order valence-electron chi connectivity index (χ0n) is 33.3. The molecular formula is C57H38N2O. The highest BCUT2D eigenvalue weighted by Gasteiger charge is 2.37. The molecule has 3 nitrogen and oxygen atoms in total. The van der Waals surface area contributed by atoms with Crippen molar-refractivity contribution in [1.29, 1.82) is 0 Å². The number of para-hydroxylation sites is 4. The second kappa shape index (κ2) is 12.2. The summed E-state index contributed by atoms with van der Waals surface area (Å²) < 4.78 is 11.8. The summed E-state index contributed by atoms with van der Waals surface area (Å²) in [5, 5.41) is 7.31. The minimum absolute atomic E-state index is 0.0807. The van der Waals surface area contributed by atoms with E-state index in [0.29, 0.717) is 0 Å². The molecule has 0 atom stereocenters. The van der Waals surface area contributed by atoms with Gasteiger partial charge in [0.1, 0.15) is 11.2 Å². The zero-order chi connectivity index (χ0) is 39.7. The van der Waals surface area contributed by atoms with Crippen LogP contribution < -0.4 is 0 Å². The van der Waals surface area contributed by atoms with Crippen molar-refractivity contribution < 1.29 is 4.42 Å². The first-order valence-electron chi connectivity index (χ1n) is 20.8. The van der Waals surface area contributed by atoms with Crippen LogP contribution in [0.1, 0.15) is 25.0 Å². The number of fused-ring (bicyclic) bond motifs is 13. The molecule has 0 radical (unpaired) electrons. The standard InChI is InChI=1S/C57H38N2O/c1-57(2)48-20-9-6-17-47(48)54-49(57)32-31-46-45-19-12-18-40(55(45)60-56(46)54)35-23-27-39(28-24-35)59-51-22-11-8-16-42(51)44-30-26-37(34-53(44)59)36-25-29-43-41-15-7-10-21-50(41)58(52(43)33-36)38-13-4-3-5-14-38/h3-34H,1-2H3. The lowest BCUT2D eigenvalue weighted by atomic mass is 9.82. The van der Waals surface area contributed by atoms with Gasteiger partial charge in [0.2, 0.25) is 0 Å². The average molecular weight is 767 g/mol. The highest BCUT2D eigenvalue weighted by molar-refractivity contribution is 6.15. The molecule has 0 saturated heterocycles. The topological polar surface area (TPSA) is 23.0 Å². The molecule has 0 unspecified atom stereocenters. The number of aromatic nitrogens is 2. The smallest absolute Gasteiger partial charge is 0.143 e. The Morgan fingerprint density at radius 2 is 0.850 bits per heavy atom. The number of furan rings is 1. The maximum Gasteiger partial charge on any atom is 0.143 e. The van der Waals surface area contributed by atoms with Crippen LogP contribution in [-0.4, -0.2) is 9.13 Å². The van der Waals surface area contributed by atoms with Gasteiger partial charge in [-0.1, -0.05) is 159 Å². The monoisotopic (exact) mass is 766 g/mol. The van der Waals surface area contributed by atoms with Crippen LogP contribution in [0.15, 0.2) is 199 Å². The van der Waals surface area contributed by atoms with Crippen molar-refractivity contribution in [1.82, 2.24) is 9.13 Å². The second-order valence-electron chi connectivity index (χ2n) is 16.9. The van der Waals surface area contributed by atoms with E-state index >= 15 is 0 Å². The van der Waals surface area contributed by atoms with E-state index < -0.39 is 0 Å². The molecule has 0 bridgehead atoms. The van der Waals surface area contributed by atoms with E-state index in [0.717, 1.165) is 44.4 Å². The van der Waals surface area contributed by atoms with Crippen molar-refractivity contribution in [3.63, 3.8) is 0 Å². The molecule has 0 amide bonds. The number of rotatable bonds is 4. The van der Waals surface area contributed by atoms with Crippen LogP contribution in [0.4, 0.5) is 0 Å². The summed E-state index contributed by atoms with van der Waals surface area (Å²) in [7, 11) is 0. The van der Waals surface area contributed by atoms with Crippen molar-refractivity contribution in [2.24, 2.45) is 0 Å². The van der Waals surface area contributed by atoms with Gasteiger partial charge in [0.05, 0.1) is 22.1 Å². The van der Waals surface area contributed by atoms with E-state index in [1.54, 1.807) is 0 Å². The van der Waals surface area contributed by atoms with Crippen LogP contribution in [0.3, 0.4) is 0 Å². The van der Waals surface area contributed by atoms with Gasteiger partial charge in [-0.05, 0) is 81.9 Å².